The second-order valence-electron chi connectivity index (χ2n) is 4.98. The van der Waals surface area contributed by atoms with Gasteiger partial charge in [0.2, 0.25) is 0 Å². The zero-order chi connectivity index (χ0) is 14.3. The molecule has 3 rings (SSSR count). The number of aromatic nitrogens is 3. The minimum absolute atomic E-state index is 0.0451. The average Bonchev–Trinajstić information content (AvgIpc) is 2.80. The second kappa shape index (κ2) is 4.90. The molecule has 1 amide bonds. The molecule has 0 fully saturated rings. The lowest BCUT2D eigenvalue weighted by Crippen LogP contribution is -2.35. The van der Waals surface area contributed by atoms with Gasteiger partial charge in [-0.25, -0.2) is 9.50 Å². The van der Waals surface area contributed by atoms with E-state index in [9.17, 15) is 4.79 Å². The standard InChI is InChI=1S/C14H15ClN4O/c1-9-6-13-16-7-12(10(2)19(13)17-9)14(20)18-5-3-4-11(15)8-18/h4,6-7H,3,5,8H2,1-2H3. The van der Waals surface area contributed by atoms with Crippen LogP contribution in [0.3, 0.4) is 0 Å². The first-order valence-electron chi connectivity index (χ1n) is 6.52. The van der Waals surface area contributed by atoms with E-state index < -0.39 is 0 Å². The molecule has 104 valence electrons. The van der Waals surface area contributed by atoms with Crippen LogP contribution in [0.25, 0.3) is 5.65 Å². The number of aryl methyl sites for hydroxylation is 2. The summed E-state index contributed by atoms with van der Waals surface area (Å²) in [6, 6.07) is 1.89. The Morgan fingerprint density at radius 1 is 1.40 bits per heavy atom. The number of carbonyl (C=O) groups is 1. The molecule has 0 atom stereocenters. The predicted molar refractivity (Wildman–Crippen MR) is 76.9 cm³/mol. The van der Waals surface area contributed by atoms with Crippen molar-refractivity contribution in [2.24, 2.45) is 0 Å². The predicted octanol–water partition coefficient (Wildman–Crippen LogP) is 2.31. The van der Waals surface area contributed by atoms with Gasteiger partial charge in [-0.2, -0.15) is 5.10 Å². The van der Waals surface area contributed by atoms with E-state index in [0.29, 0.717) is 23.7 Å². The summed E-state index contributed by atoms with van der Waals surface area (Å²) >= 11 is 6.02. The number of carbonyl (C=O) groups excluding carboxylic acids is 1. The van der Waals surface area contributed by atoms with Gasteiger partial charge in [0.05, 0.1) is 23.5 Å². The van der Waals surface area contributed by atoms with Crippen LogP contribution in [0.5, 0.6) is 0 Å². The minimum Gasteiger partial charge on any atom is -0.333 e. The van der Waals surface area contributed by atoms with Crippen molar-refractivity contribution >= 4 is 23.2 Å². The molecular weight excluding hydrogens is 276 g/mol. The summed E-state index contributed by atoms with van der Waals surface area (Å²) in [4.78, 5) is 18.6. The molecule has 0 bridgehead atoms. The van der Waals surface area contributed by atoms with Crippen LogP contribution in [0, 0.1) is 13.8 Å². The highest BCUT2D eigenvalue weighted by Gasteiger charge is 2.22. The third kappa shape index (κ3) is 2.18. The van der Waals surface area contributed by atoms with Gasteiger partial charge in [-0.1, -0.05) is 17.7 Å². The van der Waals surface area contributed by atoms with Crippen LogP contribution in [0.15, 0.2) is 23.4 Å². The largest absolute Gasteiger partial charge is 0.333 e. The molecule has 0 saturated heterocycles. The lowest BCUT2D eigenvalue weighted by Gasteiger charge is -2.25. The van der Waals surface area contributed by atoms with Crippen molar-refractivity contribution in [1.29, 1.82) is 0 Å². The molecule has 3 heterocycles. The summed E-state index contributed by atoms with van der Waals surface area (Å²) in [6.45, 7) is 4.95. The number of rotatable bonds is 1. The molecule has 2 aromatic heterocycles. The molecule has 1 aliphatic rings. The Labute approximate surface area is 121 Å². The Morgan fingerprint density at radius 2 is 2.20 bits per heavy atom. The minimum atomic E-state index is -0.0451. The number of hydrogen-bond donors (Lipinski definition) is 0. The van der Waals surface area contributed by atoms with Crippen molar-refractivity contribution in [3.8, 4) is 0 Å². The van der Waals surface area contributed by atoms with E-state index in [1.165, 1.54) is 0 Å². The Balaban J connectivity index is 1.99. The summed E-state index contributed by atoms with van der Waals surface area (Å²) in [7, 11) is 0. The highest BCUT2D eigenvalue weighted by atomic mass is 35.5. The van der Waals surface area contributed by atoms with Gasteiger partial charge in [-0.15, -0.1) is 0 Å². The van der Waals surface area contributed by atoms with Crippen molar-refractivity contribution < 1.29 is 4.79 Å². The SMILES string of the molecule is Cc1cc2ncc(C(=O)N3CCC=C(Cl)C3)c(C)n2n1. The molecule has 0 N–H and O–H groups in total. The lowest BCUT2D eigenvalue weighted by molar-refractivity contribution is 0.0767. The molecule has 0 aromatic carbocycles. The maximum absolute atomic E-state index is 12.6. The maximum Gasteiger partial charge on any atom is 0.257 e. The van der Waals surface area contributed by atoms with Crippen molar-refractivity contribution in [2.45, 2.75) is 20.3 Å². The maximum atomic E-state index is 12.6. The molecule has 0 aliphatic carbocycles. The number of hydrogen-bond acceptors (Lipinski definition) is 3. The molecule has 1 aliphatic heterocycles. The van der Waals surface area contributed by atoms with E-state index >= 15 is 0 Å². The third-order valence-corrected chi connectivity index (χ3v) is 3.74. The zero-order valence-corrected chi connectivity index (χ0v) is 12.2. The first-order chi connectivity index (χ1) is 9.56. The number of halogens is 1. The van der Waals surface area contributed by atoms with Crippen LogP contribution in [-0.2, 0) is 0 Å². The van der Waals surface area contributed by atoms with Crippen molar-refractivity contribution in [3.63, 3.8) is 0 Å². The van der Waals surface area contributed by atoms with E-state index in [2.05, 4.69) is 10.1 Å². The summed E-state index contributed by atoms with van der Waals surface area (Å²) in [5, 5.41) is 5.08. The third-order valence-electron chi connectivity index (χ3n) is 3.47. The topological polar surface area (TPSA) is 50.5 Å². The summed E-state index contributed by atoms with van der Waals surface area (Å²) in [6.07, 6.45) is 4.37. The Hall–Kier alpha value is -1.88. The van der Waals surface area contributed by atoms with Gasteiger partial charge in [-0.3, -0.25) is 4.79 Å². The highest BCUT2D eigenvalue weighted by Crippen LogP contribution is 2.18. The number of fused-ring (bicyclic) bond motifs is 1. The Morgan fingerprint density at radius 3 is 2.95 bits per heavy atom. The van der Waals surface area contributed by atoms with Crippen molar-refractivity contribution in [1.82, 2.24) is 19.5 Å². The van der Waals surface area contributed by atoms with Gasteiger partial charge < -0.3 is 4.90 Å². The fourth-order valence-corrected chi connectivity index (χ4v) is 2.67. The van der Waals surface area contributed by atoms with Gasteiger partial charge in [0, 0.05) is 23.8 Å². The molecule has 0 spiro atoms. The fraction of sp³-hybridized carbons (Fsp3) is 0.357. The molecule has 2 aromatic rings. The quantitative estimate of drug-likeness (QED) is 0.810. The molecule has 6 heteroatoms. The van der Waals surface area contributed by atoms with Crippen LogP contribution in [0.2, 0.25) is 0 Å². The monoisotopic (exact) mass is 290 g/mol. The van der Waals surface area contributed by atoms with Crippen LogP contribution in [0.4, 0.5) is 0 Å². The van der Waals surface area contributed by atoms with Gasteiger partial charge >= 0.3 is 0 Å². The van der Waals surface area contributed by atoms with Crippen molar-refractivity contribution in [3.05, 3.63) is 40.3 Å². The van der Waals surface area contributed by atoms with Crippen LogP contribution < -0.4 is 0 Å². The first kappa shape index (κ1) is 13.1. The van der Waals surface area contributed by atoms with E-state index in [-0.39, 0.29) is 5.91 Å². The summed E-state index contributed by atoms with van der Waals surface area (Å²) < 4.78 is 1.71. The first-order valence-corrected chi connectivity index (χ1v) is 6.90. The molecule has 0 saturated carbocycles. The number of nitrogens with zero attached hydrogens (tertiary/aromatic N) is 4. The molecule has 20 heavy (non-hydrogen) atoms. The second-order valence-corrected chi connectivity index (χ2v) is 5.46. The summed E-state index contributed by atoms with van der Waals surface area (Å²) in [5.41, 5.74) is 3.02. The molecule has 0 radical (unpaired) electrons. The van der Waals surface area contributed by atoms with Crippen molar-refractivity contribution in [2.75, 3.05) is 13.1 Å². The Bertz CT molecular complexity index is 719. The van der Waals surface area contributed by atoms with E-state index in [0.717, 1.165) is 23.5 Å². The number of amides is 1. The Kier molecular flexibility index (Phi) is 3.22. The normalized spacial score (nSPS) is 15.6. The smallest absolute Gasteiger partial charge is 0.257 e. The fourth-order valence-electron chi connectivity index (χ4n) is 2.42. The molecular formula is C14H15ClN4O. The van der Waals surface area contributed by atoms with Crippen LogP contribution in [-0.4, -0.2) is 38.5 Å². The average molecular weight is 291 g/mol. The van der Waals surface area contributed by atoms with Crippen LogP contribution >= 0.6 is 11.6 Å². The van der Waals surface area contributed by atoms with E-state index in [1.807, 2.05) is 26.0 Å². The van der Waals surface area contributed by atoms with Gasteiger partial charge in [0.25, 0.3) is 5.91 Å². The van der Waals surface area contributed by atoms with E-state index in [1.54, 1.807) is 15.6 Å². The zero-order valence-electron chi connectivity index (χ0n) is 11.4. The van der Waals surface area contributed by atoms with Crippen LogP contribution in [0.1, 0.15) is 28.2 Å². The molecule has 0 unspecified atom stereocenters. The van der Waals surface area contributed by atoms with Gasteiger partial charge in [0.15, 0.2) is 5.65 Å². The van der Waals surface area contributed by atoms with Gasteiger partial charge in [-0.05, 0) is 20.3 Å². The lowest BCUT2D eigenvalue weighted by atomic mass is 10.1. The van der Waals surface area contributed by atoms with E-state index in [4.69, 9.17) is 11.6 Å². The highest BCUT2D eigenvalue weighted by molar-refractivity contribution is 6.30. The summed E-state index contributed by atoms with van der Waals surface area (Å²) in [5.74, 6) is -0.0451. The van der Waals surface area contributed by atoms with Gasteiger partial charge in [0.1, 0.15) is 0 Å². The molecule has 5 nitrogen and oxygen atoms in total.